The number of halogens is 2. The molecule has 0 bridgehead atoms. The quantitative estimate of drug-likeness (QED) is 0.620. The summed E-state index contributed by atoms with van der Waals surface area (Å²) < 4.78 is 27.9. The number of nitrogens with two attached hydrogens (primary N) is 1. The topological polar surface area (TPSA) is 107 Å². The van der Waals surface area contributed by atoms with Gasteiger partial charge in [0.1, 0.15) is 17.7 Å². The van der Waals surface area contributed by atoms with E-state index in [1.54, 1.807) is 24.4 Å². The van der Waals surface area contributed by atoms with Crippen LogP contribution in [-0.4, -0.2) is 38.8 Å². The number of pyridine rings is 1. The van der Waals surface area contributed by atoms with Gasteiger partial charge >= 0.3 is 0 Å². The summed E-state index contributed by atoms with van der Waals surface area (Å²) in [5.41, 5.74) is 6.81. The van der Waals surface area contributed by atoms with Gasteiger partial charge in [0.05, 0.1) is 18.3 Å². The molecule has 2 heterocycles. The van der Waals surface area contributed by atoms with E-state index in [0.29, 0.717) is 5.69 Å². The predicted molar refractivity (Wildman–Crippen MR) is 107 cm³/mol. The number of nitrogens with zero attached hydrogens (tertiary/aromatic N) is 4. The second-order valence-electron chi connectivity index (χ2n) is 7.48. The Hall–Kier alpha value is -3.49. The van der Waals surface area contributed by atoms with E-state index in [1.165, 1.54) is 18.3 Å². The number of hydrogen-bond donors (Lipinski definition) is 2. The number of benzene rings is 1. The van der Waals surface area contributed by atoms with Gasteiger partial charge in [0, 0.05) is 23.7 Å². The summed E-state index contributed by atoms with van der Waals surface area (Å²) in [7, 11) is 0. The Labute approximate surface area is 171 Å². The van der Waals surface area contributed by atoms with Gasteiger partial charge in [-0.05, 0) is 36.6 Å². The lowest BCUT2D eigenvalue weighted by molar-refractivity contribution is -0.117. The highest BCUT2D eigenvalue weighted by atomic mass is 19.1. The Morgan fingerprint density at radius 2 is 2.03 bits per heavy atom. The molecule has 0 spiro atoms. The molecule has 154 valence electrons. The van der Waals surface area contributed by atoms with Crippen molar-refractivity contribution in [3.8, 4) is 11.3 Å². The molecule has 0 saturated heterocycles. The molecule has 3 N–H and O–H groups in total. The molecule has 1 saturated carbocycles. The van der Waals surface area contributed by atoms with Crippen LogP contribution in [-0.2, 0) is 16.6 Å². The van der Waals surface area contributed by atoms with Crippen molar-refractivity contribution in [1.29, 1.82) is 0 Å². The van der Waals surface area contributed by atoms with Crippen LogP contribution >= 0.6 is 0 Å². The van der Waals surface area contributed by atoms with Crippen LogP contribution in [0.1, 0.15) is 24.1 Å². The van der Waals surface area contributed by atoms with Crippen molar-refractivity contribution in [2.75, 3.05) is 11.9 Å². The molecule has 1 aliphatic carbocycles. The first-order valence-electron chi connectivity index (χ1n) is 9.51. The van der Waals surface area contributed by atoms with Crippen LogP contribution in [0.3, 0.4) is 0 Å². The van der Waals surface area contributed by atoms with Crippen molar-refractivity contribution < 1.29 is 13.6 Å². The van der Waals surface area contributed by atoms with E-state index in [9.17, 15) is 13.6 Å². The van der Waals surface area contributed by atoms with Crippen molar-refractivity contribution in [3.63, 3.8) is 0 Å². The monoisotopic (exact) mass is 410 g/mol. The molecule has 0 aliphatic heterocycles. The van der Waals surface area contributed by atoms with Crippen LogP contribution in [0.2, 0.25) is 0 Å². The Morgan fingerprint density at radius 3 is 2.70 bits per heavy atom. The van der Waals surface area contributed by atoms with Crippen LogP contribution in [0.5, 0.6) is 0 Å². The lowest BCUT2D eigenvalue weighted by Crippen LogP contribution is -2.49. The van der Waals surface area contributed by atoms with Gasteiger partial charge in [0.2, 0.25) is 11.9 Å². The summed E-state index contributed by atoms with van der Waals surface area (Å²) in [4.78, 5) is 19.5. The summed E-state index contributed by atoms with van der Waals surface area (Å²) in [5, 5.41) is 11.3. The SMILES string of the molecule is NC(=O)Cc1cccc(-c2cnc(NCC3(c4ncccc4F)CC(F)C3)nn2)c1. The van der Waals surface area contributed by atoms with Crippen LogP contribution in [0, 0.1) is 5.82 Å². The molecular weight excluding hydrogens is 390 g/mol. The molecule has 2 aromatic heterocycles. The number of rotatable bonds is 7. The molecule has 1 amide bonds. The van der Waals surface area contributed by atoms with Crippen molar-refractivity contribution >= 4 is 11.9 Å². The molecule has 7 nitrogen and oxygen atoms in total. The largest absolute Gasteiger partial charge is 0.369 e. The fourth-order valence-electron chi connectivity index (χ4n) is 3.76. The first-order chi connectivity index (χ1) is 14.4. The molecule has 1 aromatic carbocycles. The van der Waals surface area contributed by atoms with E-state index in [-0.39, 0.29) is 37.4 Å². The molecule has 0 unspecified atom stereocenters. The molecule has 3 aromatic rings. The van der Waals surface area contributed by atoms with Gasteiger partial charge in [-0.1, -0.05) is 18.2 Å². The maximum absolute atomic E-state index is 14.2. The van der Waals surface area contributed by atoms with Crippen molar-refractivity contribution in [1.82, 2.24) is 20.2 Å². The van der Waals surface area contributed by atoms with Crippen molar-refractivity contribution in [3.05, 3.63) is 65.9 Å². The molecule has 1 aliphatic rings. The third kappa shape index (κ3) is 4.10. The number of carbonyl (C=O) groups excluding carboxylic acids is 1. The minimum Gasteiger partial charge on any atom is -0.369 e. The second kappa shape index (κ2) is 8.10. The van der Waals surface area contributed by atoms with E-state index in [2.05, 4.69) is 25.5 Å². The summed E-state index contributed by atoms with van der Waals surface area (Å²) in [6, 6.07) is 10.1. The smallest absolute Gasteiger partial charge is 0.242 e. The predicted octanol–water partition coefficient (Wildman–Crippen LogP) is 2.58. The molecule has 0 radical (unpaired) electrons. The molecule has 1 fully saturated rings. The first kappa shape index (κ1) is 19.8. The van der Waals surface area contributed by atoms with Crippen LogP contribution in [0.4, 0.5) is 14.7 Å². The summed E-state index contributed by atoms with van der Waals surface area (Å²) >= 11 is 0. The maximum Gasteiger partial charge on any atom is 0.242 e. The highest BCUT2D eigenvalue weighted by Crippen LogP contribution is 2.45. The number of primary amides is 1. The Kier molecular flexibility index (Phi) is 5.35. The average Bonchev–Trinajstić information content (AvgIpc) is 2.71. The van der Waals surface area contributed by atoms with Gasteiger partial charge < -0.3 is 11.1 Å². The fourth-order valence-corrected chi connectivity index (χ4v) is 3.76. The maximum atomic E-state index is 14.2. The minimum atomic E-state index is -0.984. The molecule has 0 atom stereocenters. The minimum absolute atomic E-state index is 0.135. The van der Waals surface area contributed by atoms with E-state index >= 15 is 0 Å². The van der Waals surface area contributed by atoms with Gasteiger partial charge in [-0.2, -0.15) is 0 Å². The highest BCUT2D eigenvalue weighted by molar-refractivity contribution is 5.77. The van der Waals surface area contributed by atoms with Crippen LogP contribution in [0.15, 0.2) is 48.8 Å². The van der Waals surface area contributed by atoms with Gasteiger partial charge in [-0.15, -0.1) is 10.2 Å². The number of anilines is 1. The third-order valence-electron chi connectivity index (χ3n) is 5.23. The number of carbonyl (C=O) groups is 1. The van der Waals surface area contributed by atoms with E-state index < -0.39 is 23.3 Å². The highest BCUT2D eigenvalue weighted by Gasteiger charge is 2.48. The molecular formula is C21H20F2N6O. The normalized spacial score (nSPS) is 20.4. The van der Waals surface area contributed by atoms with Gasteiger partial charge in [-0.3, -0.25) is 9.78 Å². The van der Waals surface area contributed by atoms with Crippen LogP contribution in [0.25, 0.3) is 11.3 Å². The summed E-state index contributed by atoms with van der Waals surface area (Å²) in [6.45, 7) is 0.247. The van der Waals surface area contributed by atoms with Gasteiger partial charge in [0.25, 0.3) is 0 Å². The van der Waals surface area contributed by atoms with E-state index in [0.717, 1.165) is 11.1 Å². The number of hydrogen-bond acceptors (Lipinski definition) is 6. The lowest BCUT2D eigenvalue weighted by atomic mass is 9.65. The fraction of sp³-hybridized carbons (Fsp3) is 0.286. The number of amides is 1. The number of nitrogens with one attached hydrogen (secondary N) is 1. The van der Waals surface area contributed by atoms with Crippen molar-refractivity contribution in [2.45, 2.75) is 30.8 Å². The Balaban J connectivity index is 1.47. The Morgan fingerprint density at radius 1 is 1.20 bits per heavy atom. The zero-order chi connectivity index (χ0) is 21.1. The number of alkyl halides is 1. The third-order valence-corrected chi connectivity index (χ3v) is 5.23. The molecule has 30 heavy (non-hydrogen) atoms. The number of aromatic nitrogens is 4. The van der Waals surface area contributed by atoms with Crippen molar-refractivity contribution in [2.24, 2.45) is 5.73 Å². The Bertz CT molecular complexity index is 1050. The van der Waals surface area contributed by atoms with Crippen LogP contribution < -0.4 is 11.1 Å². The zero-order valence-corrected chi connectivity index (χ0v) is 16.1. The summed E-state index contributed by atoms with van der Waals surface area (Å²) in [6.07, 6.45) is 2.58. The summed E-state index contributed by atoms with van der Waals surface area (Å²) in [5.74, 6) is -0.609. The first-order valence-corrected chi connectivity index (χ1v) is 9.51. The van der Waals surface area contributed by atoms with E-state index in [1.807, 2.05) is 6.07 Å². The standard InChI is InChI=1S/C21H20F2N6O/c22-15-9-21(10-15,19-16(23)5-2-6-25-19)12-27-20-26-11-17(28-29-20)14-4-1-3-13(7-14)8-18(24)30/h1-7,11,15H,8-10,12H2,(H2,24,30)(H,26,27,29). The molecule has 9 heteroatoms. The van der Waals surface area contributed by atoms with Gasteiger partial charge in [-0.25, -0.2) is 13.8 Å². The average molecular weight is 410 g/mol. The zero-order valence-electron chi connectivity index (χ0n) is 16.1. The van der Waals surface area contributed by atoms with Gasteiger partial charge in [0.15, 0.2) is 0 Å². The molecule has 4 rings (SSSR count). The van der Waals surface area contributed by atoms with E-state index in [4.69, 9.17) is 5.73 Å². The second-order valence-corrected chi connectivity index (χ2v) is 7.48. The lowest BCUT2D eigenvalue weighted by Gasteiger charge is -2.43.